The Balaban J connectivity index is 3.76. The number of alkyl halides is 3. The summed E-state index contributed by atoms with van der Waals surface area (Å²) in [6.45, 7) is -0.697. The molecule has 5 heteroatoms. The number of hydrogen-bond acceptors (Lipinski definition) is 2. The van der Waals surface area contributed by atoms with Crippen molar-refractivity contribution in [2.24, 2.45) is 5.92 Å². The van der Waals surface area contributed by atoms with E-state index in [0.717, 1.165) is 0 Å². The maximum absolute atomic E-state index is 12.4. The van der Waals surface area contributed by atoms with Gasteiger partial charge in [0, 0.05) is 6.61 Å². The maximum atomic E-state index is 12.4. The Morgan fingerprint density at radius 2 is 1.91 bits per heavy atom. The lowest BCUT2D eigenvalue weighted by Gasteiger charge is -2.18. The second kappa shape index (κ2) is 5.00. The summed E-state index contributed by atoms with van der Waals surface area (Å²) in [5, 5.41) is 16.8. The van der Waals surface area contributed by atoms with Gasteiger partial charge in [0.1, 0.15) is 0 Å². The van der Waals surface area contributed by atoms with Gasteiger partial charge in [-0.15, -0.1) is 0 Å². The zero-order valence-electron chi connectivity index (χ0n) is 5.93. The van der Waals surface area contributed by atoms with Gasteiger partial charge in [0.2, 0.25) is 0 Å². The van der Waals surface area contributed by atoms with Crippen LogP contribution in [0.1, 0.15) is 12.8 Å². The number of rotatable bonds is 5. The van der Waals surface area contributed by atoms with E-state index < -0.39 is 17.4 Å². The third-order valence-corrected chi connectivity index (χ3v) is 2.04. The lowest BCUT2D eigenvalue weighted by Crippen LogP contribution is -2.24. The van der Waals surface area contributed by atoms with Gasteiger partial charge in [-0.1, -0.05) is 0 Å². The lowest BCUT2D eigenvalue weighted by molar-refractivity contribution is 0.00843. The van der Waals surface area contributed by atoms with Crippen LogP contribution in [0.5, 0.6) is 0 Å². The first-order valence-corrected chi connectivity index (χ1v) is 4.10. The molecule has 0 aliphatic heterocycles. The molecule has 1 unspecified atom stereocenters. The molecule has 0 aromatic heterocycles. The highest BCUT2D eigenvalue weighted by Crippen LogP contribution is 2.33. The van der Waals surface area contributed by atoms with Crippen molar-refractivity contribution >= 4 is 15.9 Å². The summed E-state index contributed by atoms with van der Waals surface area (Å²) in [7, 11) is 0. The molecule has 0 saturated heterocycles. The normalized spacial score (nSPS) is 15.0. The zero-order valence-corrected chi connectivity index (χ0v) is 7.52. The highest BCUT2D eigenvalue weighted by atomic mass is 79.9. The molecule has 11 heavy (non-hydrogen) atoms. The Labute approximate surface area is 72.4 Å². The van der Waals surface area contributed by atoms with Crippen LogP contribution in [0.25, 0.3) is 0 Å². The van der Waals surface area contributed by atoms with Gasteiger partial charge in [-0.3, -0.25) is 0 Å². The number of aliphatic hydroxyl groups is 2. The van der Waals surface area contributed by atoms with Crippen molar-refractivity contribution in [2.75, 3.05) is 13.2 Å². The zero-order chi connectivity index (χ0) is 8.91. The Morgan fingerprint density at radius 3 is 2.18 bits per heavy atom. The smallest absolute Gasteiger partial charge is 0.306 e. The Hall–Kier alpha value is 0.260. The molecular formula is C6H11BrF2O2. The summed E-state index contributed by atoms with van der Waals surface area (Å²) in [6, 6.07) is 0. The third-order valence-electron chi connectivity index (χ3n) is 1.39. The molecule has 0 spiro atoms. The van der Waals surface area contributed by atoms with Crippen molar-refractivity contribution in [2.45, 2.75) is 17.7 Å². The summed E-state index contributed by atoms with van der Waals surface area (Å²) in [4.78, 5) is -3.03. The summed E-state index contributed by atoms with van der Waals surface area (Å²) in [5.41, 5.74) is 0. The van der Waals surface area contributed by atoms with E-state index in [0.29, 0.717) is 0 Å². The van der Waals surface area contributed by atoms with Crippen molar-refractivity contribution in [1.29, 1.82) is 0 Å². The van der Waals surface area contributed by atoms with Gasteiger partial charge in [-0.25, -0.2) is 0 Å². The minimum absolute atomic E-state index is 0.116. The fourth-order valence-electron chi connectivity index (χ4n) is 0.696. The average Bonchev–Trinajstić information content (AvgIpc) is 1.87. The molecule has 0 heterocycles. The maximum Gasteiger partial charge on any atom is 0.306 e. The number of halogens is 3. The van der Waals surface area contributed by atoms with E-state index in [1.165, 1.54) is 0 Å². The predicted molar refractivity (Wildman–Crippen MR) is 40.8 cm³/mol. The van der Waals surface area contributed by atoms with E-state index in [2.05, 4.69) is 15.9 Å². The molecule has 0 aromatic rings. The standard InChI is InChI=1S/C6H11BrF2O2/c7-6(8,9)5(4-11)2-1-3-10/h5,10-11H,1-4H2. The Bertz CT molecular complexity index is 105. The largest absolute Gasteiger partial charge is 0.396 e. The molecule has 0 fully saturated rings. The van der Waals surface area contributed by atoms with E-state index >= 15 is 0 Å². The van der Waals surface area contributed by atoms with Crippen molar-refractivity contribution in [3.05, 3.63) is 0 Å². The van der Waals surface area contributed by atoms with Crippen LogP contribution in [0.4, 0.5) is 8.78 Å². The summed E-state index contributed by atoms with van der Waals surface area (Å²) in [5.74, 6) is -1.10. The quantitative estimate of drug-likeness (QED) is 0.703. The van der Waals surface area contributed by atoms with Crippen LogP contribution in [0.15, 0.2) is 0 Å². The first-order valence-electron chi connectivity index (χ1n) is 3.30. The average molecular weight is 233 g/mol. The van der Waals surface area contributed by atoms with E-state index in [9.17, 15) is 8.78 Å². The number of aliphatic hydroxyl groups excluding tert-OH is 2. The molecule has 0 rings (SSSR count). The first kappa shape index (κ1) is 11.3. The van der Waals surface area contributed by atoms with Crippen molar-refractivity contribution in [1.82, 2.24) is 0 Å². The summed E-state index contributed by atoms with van der Waals surface area (Å²) >= 11 is 2.16. The molecular weight excluding hydrogens is 222 g/mol. The van der Waals surface area contributed by atoms with Crippen LogP contribution in [-0.2, 0) is 0 Å². The molecule has 2 N–H and O–H groups in total. The summed E-state index contributed by atoms with van der Waals surface area (Å²) in [6.07, 6.45) is 0.400. The van der Waals surface area contributed by atoms with Gasteiger partial charge in [0.25, 0.3) is 0 Å². The molecule has 0 aliphatic carbocycles. The van der Waals surface area contributed by atoms with Gasteiger partial charge in [0.05, 0.1) is 12.5 Å². The lowest BCUT2D eigenvalue weighted by atomic mass is 10.1. The van der Waals surface area contributed by atoms with Crippen LogP contribution < -0.4 is 0 Å². The van der Waals surface area contributed by atoms with Crippen molar-refractivity contribution < 1.29 is 19.0 Å². The van der Waals surface area contributed by atoms with Crippen molar-refractivity contribution in [3.8, 4) is 0 Å². The molecule has 1 atom stereocenters. The van der Waals surface area contributed by atoms with Crippen LogP contribution >= 0.6 is 15.9 Å². The van der Waals surface area contributed by atoms with Gasteiger partial charge < -0.3 is 10.2 Å². The minimum Gasteiger partial charge on any atom is -0.396 e. The topological polar surface area (TPSA) is 40.5 Å². The fraction of sp³-hybridized carbons (Fsp3) is 1.00. The van der Waals surface area contributed by atoms with Crippen LogP contribution in [0.2, 0.25) is 0 Å². The van der Waals surface area contributed by atoms with Gasteiger partial charge in [-0.2, -0.15) is 8.78 Å². The monoisotopic (exact) mass is 232 g/mol. The summed E-state index contributed by atoms with van der Waals surface area (Å²) < 4.78 is 24.8. The van der Waals surface area contributed by atoms with E-state index in [-0.39, 0.29) is 19.4 Å². The van der Waals surface area contributed by atoms with Gasteiger partial charge >= 0.3 is 4.83 Å². The molecule has 2 nitrogen and oxygen atoms in total. The van der Waals surface area contributed by atoms with Gasteiger partial charge in [-0.05, 0) is 28.8 Å². The highest BCUT2D eigenvalue weighted by Gasteiger charge is 2.34. The second-order valence-corrected chi connectivity index (χ2v) is 3.34. The molecule has 0 bridgehead atoms. The predicted octanol–water partition coefficient (Wildman–Crippen LogP) is 1.36. The molecule has 68 valence electrons. The van der Waals surface area contributed by atoms with E-state index in [4.69, 9.17) is 10.2 Å². The van der Waals surface area contributed by atoms with Crippen LogP contribution in [-0.4, -0.2) is 28.3 Å². The Kier molecular flexibility index (Phi) is 5.12. The van der Waals surface area contributed by atoms with E-state index in [1.54, 1.807) is 0 Å². The number of hydrogen-bond donors (Lipinski definition) is 2. The second-order valence-electron chi connectivity index (χ2n) is 2.29. The molecule has 0 radical (unpaired) electrons. The third kappa shape index (κ3) is 4.66. The highest BCUT2D eigenvalue weighted by molar-refractivity contribution is 9.10. The first-order chi connectivity index (χ1) is 5.02. The SMILES string of the molecule is OCCCC(CO)C(F)(F)Br. The molecule has 0 saturated carbocycles. The molecule has 0 aromatic carbocycles. The fourth-order valence-corrected chi connectivity index (χ4v) is 1.07. The van der Waals surface area contributed by atoms with Crippen molar-refractivity contribution in [3.63, 3.8) is 0 Å². The molecule has 0 aliphatic rings. The van der Waals surface area contributed by atoms with Gasteiger partial charge in [0.15, 0.2) is 0 Å². The molecule has 0 amide bonds. The van der Waals surface area contributed by atoms with Crippen LogP contribution in [0, 0.1) is 5.92 Å². The minimum atomic E-state index is -3.03. The Morgan fingerprint density at radius 1 is 1.36 bits per heavy atom. The van der Waals surface area contributed by atoms with Crippen LogP contribution in [0.3, 0.4) is 0 Å². The van der Waals surface area contributed by atoms with E-state index in [1.807, 2.05) is 0 Å².